The van der Waals surface area contributed by atoms with Crippen LogP contribution in [0.15, 0.2) is 73.3 Å². The summed E-state index contributed by atoms with van der Waals surface area (Å²) in [6, 6.07) is 12.7. The number of pyridine rings is 3. The van der Waals surface area contributed by atoms with Gasteiger partial charge in [0, 0.05) is 42.0 Å². The van der Waals surface area contributed by atoms with Crippen LogP contribution >= 0.6 is 0 Å². The monoisotopic (exact) mass is 516 g/mol. The molecule has 0 bridgehead atoms. The molecule has 0 unspecified atom stereocenters. The Morgan fingerprint density at radius 2 is 1.89 bits per heavy atom. The van der Waals surface area contributed by atoms with Crippen molar-refractivity contribution in [2.45, 2.75) is 12.7 Å². The van der Waals surface area contributed by atoms with Crippen molar-refractivity contribution >= 4 is 44.6 Å². The minimum absolute atomic E-state index is 0.101. The van der Waals surface area contributed by atoms with Gasteiger partial charge in [-0.15, -0.1) is 0 Å². The average molecular weight is 516 g/mol. The zero-order valence-corrected chi connectivity index (χ0v) is 19.9. The van der Waals surface area contributed by atoms with E-state index >= 15 is 0 Å². The number of rotatable bonds is 4. The van der Waals surface area contributed by atoms with E-state index in [9.17, 15) is 18.0 Å². The highest BCUT2D eigenvalue weighted by Gasteiger charge is 2.31. The van der Waals surface area contributed by atoms with Gasteiger partial charge in [-0.25, -0.2) is 19.7 Å². The van der Waals surface area contributed by atoms with Crippen molar-refractivity contribution in [2.24, 2.45) is 7.05 Å². The van der Waals surface area contributed by atoms with Gasteiger partial charge in [0.1, 0.15) is 5.82 Å². The number of nitrogen functional groups attached to an aromatic ring is 1. The third-order valence-electron chi connectivity index (χ3n) is 6.34. The Hall–Kier alpha value is -5.00. The summed E-state index contributed by atoms with van der Waals surface area (Å²) >= 11 is 0. The van der Waals surface area contributed by atoms with Crippen LogP contribution in [-0.4, -0.2) is 35.3 Å². The van der Waals surface area contributed by atoms with Crippen molar-refractivity contribution in [3.05, 3.63) is 90.1 Å². The number of aromatic nitrogens is 6. The fraction of sp³-hybridized carbons (Fsp3) is 0.115. The van der Waals surface area contributed by atoms with E-state index in [1.807, 2.05) is 6.07 Å². The summed E-state index contributed by atoms with van der Waals surface area (Å²) in [5.74, 6) is -0.0801. The number of anilines is 1. The summed E-state index contributed by atoms with van der Waals surface area (Å²) in [5.41, 5.74) is 7.66. The average Bonchev–Trinajstić information content (AvgIpc) is 3.51. The van der Waals surface area contributed by atoms with Crippen molar-refractivity contribution in [2.75, 3.05) is 10.7 Å². The lowest BCUT2D eigenvalue weighted by Crippen LogP contribution is -2.39. The number of carbonyl (C=O) groups is 1. The fourth-order valence-corrected chi connectivity index (χ4v) is 4.47. The molecule has 5 heterocycles. The SMILES string of the molecule is Cn1ncc2c(N)nc3ccc(C(=O)N(Cc4ccc(C(F)(F)F)cn4)n4ccc5cccnc54)cc3c21. The highest BCUT2D eigenvalue weighted by molar-refractivity contribution is 6.11. The van der Waals surface area contributed by atoms with E-state index in [-0.39, 0.29) is 12.2 Å². The van der Waals surface area contributed by atoms with Gasteiger partial charge in [0.2, 0.25) is 0 Å². The number of nitrogens with zero attached hydrogens (tertiary/aromatic N) is 7. The molecule has 0 aliphatic carbocycles. The van der Waals surface area contributed by atoms with Gasteiger partial charge in [0.15, 0.2) is 5.65 Å². The standard InChI is InChI=1S/C26H19F3N8O/c1-35-22-19-11-16(4-7-21(19)34-23(30)20(22)13-33-35)25(38)37(36-10-8-15-3-2-9-31-24(15)36)14-18-6-5-17(12-32-18)26(27,28)29/h2-13H,14H2,1H3,(H2,30,34). The lowest BCUT2D eigenvalue weighted by molar-refractivity contribution is -0.137. The molecule has 1 amide bonds. The van der Waals surface area contributed by atoms with Gasteiger partial charge in [0.05, 0.1) is 40.4 Å². The number of aryl methyl sites for hydroxylation is 1. The van der Waals surface area contributed by atoms with Crippen LogP contribution in [0.4, 0.5) is 19.0 Å². The van der Waals surface area contributed by atoms with Gasteiger partial charge in [-0.3, -0.25) is 14.5 Å². The lowest BCUT2D eigenvalue weighted by Gasteiger charge is -2.24. The largest absolute Gasteiger partial charge is 0.417 e. The number of fused-ring (bicyclic) bond motifs is 4. The summed E-state index contributed by atoms with van der Waals surface area (Å²) in [7, 11) is 1.77. The van der Waals surface area contributed by atoms with Gasteiger partial charge in [-0.05, 0) is 48.5 Å². The molecule has 38 heavy (non-hydrogen) atoms. The molecule has 0 aliphatic heterocycles. The van der Waals surface area contributed by atoms with E-state index in [1.54, 1.807) is 65.3 Å². The molecule has 0 saturated heterocycles. The van der Waals surface area contributed by atoms with E-state index in [4.69, 9.17) is 5.73 Å². The van der Waals surface area contributed by atoms with Crippen molar-refractivity contribution in [3.63, 3.8) is 0 Å². The molecule has 6 rings (SSSR count). The number of alkyl halides is 3. The second-order valence-corrected chi connectivity index (χ2v) is 8.73. The molecule has 9 nitrogen and oxygen atoms in total. The molecule has 190 valence electrons. The first-order valence-corrected chi connectivity index (χ1v) is 11.5. The van der Waals surface area contributed by atoms with Gasteiger partial charge < -0.3 is 5.73 Å². The Morgan fingerprint density at radius 3 is 2.66 bits per heavy atom. The van der Waals surface area contributed by atoms with Crippen molar-refractivity contribution in [1.82, 2.24) is 29.4 Å². The first-order valence-electron chi connectivity index (χ1n) is 11.5. The number of amides is 1. The third-order valence-corrected chi connectivity index (χ3v) is 6.34. The van der Waals surface area contributed by atoms with E-state index in [2.05, 4.69) is 20.1 Å². The first-order chi connectivity index (χ1) is 18.2. The molecular weight excluding hydrogens is 497 g/mol. The summed E-state index contributed by atoms with van der Waals surface area (Å²) < 4.78 is 42.4. The molecule has 1 aromatic carbocycles. The smallest absolute Gasteiger partial charge is 0.383 e. The number of carbonyl (C=O) groups excluding carboxylic acids is 1. The molecule has 0 atom stereocenters. The summed E-state index contributed by atoms with van der Waals surface area (Å²) in [5, 5.41) is 7.80. The molecule has 5 aromatic heterocycles. The van der Waals surface area contributed by atoms with Crippen molar-refractivity contribution in [3.8, 4) is 0 Å². The molecule has 0 spiro atoms. The molecule has 0 aliphatic rings. The molecule has 2 N–H and O–H groups in total. The van der Waals surface area contributed by atoms with Crippen LogP contribution in [0.25, 0.3) is 32.8 Å². The number of nitrogens with two attached hydrogens (primary N) is 1. The van der Waals surface area contributed by atoms with Crippen molar-refractivity contribution < 1.29 is 18.0 Å². The summed E-state index contributed by atoms with van der Waals surface area (Å²) in [6.07, 6.45) is 1.15. The summed E-state index contributed by atoms with van der Waals surface area (Å²) in [4.78, 5) is 26.8. The van der Waals surface area contributed by atoms with Gasteiger partial charge in [-0.2, -0.15) is 18.3 Å². The van der Waals surface area contributed by atoms with E-state index < -0.39 is 17.6 Å². The minimum Gasteiger partial charge on any atom is -0.383 e. The molecule has 0 fully saturated rings. The van der Waals surface area contributed by atoms with E-state index in [0.717, 1.165) is 23.2 Å². The van der Waals surface area contributed by atoms with Crippen LogP contribution in [-0.2, 0) is 19.8 Å². The van der Waals surface area contributed by atoms with Gasteiger partial charge in [-0.1, -0.05) is 0 Å². The van der Waals surface area contributed by atoms with Crippen LogP contribution in [0.5, 0.6) is 0 Å². The molecule has 0 saturated carbocycles. The zero-order valence-electron chi connectivity index (χ0n) is 19.9. The van der Waals surface area contributed by atoms with Crippen LogP contribution in [0.2, 0.25) is 0 Å². The van der Waals surface area contributed by atoms with E-state index in [1.165, 1.54) is 11.1 Å². The highest BCUT2D eigenvalue weighted by Crippen LogP contribution is 2.30. The Kier molecular flexibility index (Phi) is 5.26. The number of hydrogen-bond donors (Lipinski definition) is 1. The van der Waals surface area contributed by atoms with Crippen LogP contribution < -0.4 is 10.7 Å². The Bertz CT molecular complexity index is 1840. The molecule has 12 heteroatoms. The van der Waals surface area contributed by atoms with E-state index in [0.29, 0.717) is 33.3 Å². The Morgan fingerprint density at radius 1 is 1.05 bits per heavy atom. The topological polar surface area (TPSA) is 108 Å². The second kappa shape index (κ2) is 8.54. The molecular formula is C26H19F3N8O. The van der Waals surface area contributed by atoms with Gasteiger partial charge in [0.25, 0.3) is 5.91 Å². The molecule has 6 aromatic rings. The maximum atomic E-state index is 14.0. The Labute approximate surface area is 212 Å². The van der Waals surface area contributed by atoms with Gasteiger partial charge >= 0.3 is 6.18 Å². The quantitative estimate of drug-likeness (QED) is 0.371. The van der Waals surface area contributed by atoms with Crippen LogP contribution in [0.3, 0.4) is 0 Å². The molecule has 0 radical (unpaired) electrons. The first kappa shape index (κ1) is 23.4. The third kappa shape index (κ3) is 3.86. The second-order valence-electron chi connectivity index (χ2n) is 8.73. The van der Waals surface area contributed by atoms with Crippen LogP contribution in [0.1, 0.15) is 21.6 Å². The maximum Gasteiger partial charge on any atom is 0.417 e. The highest BCUT2D eigenvalue weighted by atomic mass is 19.4. The predicted octanol–water partition coefficient (Wildman–Crippen LogP) is 4.45. The van der Waals surface area contributed by atoms with Crippen molar-refractivity contribution in [1.29, 1.82) is 0 Å². The fourth-order valence-electron chi connectivity index (χ4n) is 4.47. The number of hydrogen-bond acceptors (Lipinski definition) is 6. The predicted molar refractivity (Wildman–Crippen MR) is 136 cm³/mol. The number of halogens is 3. The normalized spacial score (nSPS) is 12.0. The van der Waals surface area contributed by atoms with Crippen LogP contribution in [0, 0.1) is 0 Å². The summed E-state index contributed by atoms with van der Waals surface area (Å²) in [6.45, 7) is -0.101. The minimum atomic E-state index is -4.51. The zero-order chi connectivity index (χ0) is 26.6. The Balaban J connectivity index is 1.47. The maximum absolute atomic E-state index is 14.0. The number of benzene rings is 1. The lowest BCUT2D eigenvalue weighted by atomic mass is 10.1.